The maximum Gasteiger partial charge on any atom is 0.249 e. The molecule has 0 aliphatic rings. The lowest BCUT2D eigenvalue weighted by Gasteiger charge is -2.10. The van der Waals surface area contributed by atoms with E-state index < -0.39 is 11.8 Å². The predicted octanol–water partition coefficient (Wildman–Crippen LogP) is 2.65. The average molecular weight is 342 g/mol. The van der Waals surface area contributed by atoms with E-state index in [2.05, 4.69) is 9.97 Å². The highest BCUT2D eigenvalue weighted by molar-refractivity contribution is 6.08. The van der Waals surface area contributed by atoms with Gasteiger partial charge in [0.25, 0.3) is 0 Å². The van der Waals surface area contributed by atoms with Crippen molar-refractivity contribution in [3.63, 3.8) is 0 Å². The van der Waals surface area contributed by atoms with Crippen LogP contribution >= 0.6 is 0 Å². The van der Waals surface area contributed by atoms with Crippen molar-refractivity contribution in [1.82, 2.24) is 9.97 Å². The summed E-state index contributed by atoms with van der Waals surface area (Å²) in [6, 6.07) is 17.6. The molecule has 2 aromatic heterocycles. The van der Waals surface area contributed by atoms with E-state index in [9.17, 15) is 9.59 Å². The normalized spacial score (nSPS) is 10.9. The van der Waals surface area contributed by atoms with Crippen molar-refractivity contribution in [1.29, 1.82) is 0 Å². The van der Waals surface area contributed by atoms with E-state index in [0.29, 0.717) is 44.3 Å². The molecule has 0 aliphatic heterocycles. The first-order valence-corrected chi connectivity index (χ1v) is 7.94. The molecule has 0 unspecified atom stereocenters. The van der Waals surface area contributed by atoms with E-state index in [-0.39, 0.29) is 0 Å². The van der Waals surface area contributed by atoms with Crippen molar-refractivity contribution < 1.29 is 9.59 Å². The van der Waals surface area contributed by atoms with Gasteiger partial charge in [-0.2, -0.15) is 0 Å². The van der Waals surface area contributed by atoms with E-state index in [1.807, 2.05) is 24.3 Å². The molecule has 0 fully saturated rings. The average Bonchev–Trinajstić information content (AvgIpc) is 2.66. The fourth-order valence-electron chi connectivity index (χ4n) is 3.02. The summed E-state index contributed by atoms with van der Waals surface area (Å²) < 4.78 is 0. The summed E-state index contributed by atoms with van der Waals surface area (Å²) in [5.74, 6) is -1.11. The molecule has 2 amide bonds. The number of carbonyl (C=O) groups excluding carboxylic acids is 2. The molecule has 0 radical (unpaired) electrons. The molecule has 6 nitrogen and oxygen atoms in total. The summed E-state index contributed by atoms with van der Waals surface area (Å²) >= 11 is 0. The molecule has 0 saturated heterocycles. The first-order valence-electron chi connectivity index (χ1n) is 7.94. The summed E-state index contributed by atoms with van der Waals surface area (Å²) in [5, 5.41) is 1.33. The second kappa shape index (κ2) is 5.93. The molecule has 26 heavy (non-hydrogen) atoms. The van der Waals surface area contributed by atoms with Gasteiger partial charge < -0.3 is 11.5 Å². The summed E-state index contributed by atoms with van der Waals surface area (Å²) in [7, 11) is 0. The van der Waals surface area contributed by atoms with Crippen LogP contribution in [0.5, 0.6) is 0 Å². The fraction of sp³-hybridized carbons (Fsp3) is 0. The Morgan fingerprint density at radius 1 is 0.654 bits per heavy atom. The molecule has 2 heterocycles. The van der Waals surface area contributed by atoms with Gasteiger partial charge >= 0.3 is 0 Å². The Labute approximate surface area is 148 Å². The second-order valence-electron chi connectivity index (χ2n) is 5.87. The number of carbonyl (C=O) groups is 2. The molecule has 0 aliphatic carbocycles. The van der Waals surface area contributed by atoms with Gasteiger partial charge in [-0.05, 0) is 24.3 Å². The van der Waals surface area contributed by atoms with Gasteiger partial charge in [0.1, 0.15) is 0 Å². The van der Waals surface area contributed by atoms with Crippen molar-refractivity contribution in [2.75, 3.05) is 0 Å². The van der Waals surface area contributed by atoms with E-state index in [0.717, 1.165) is 0 Å². The molecule has 0 bridgehead atoms. The maximum atomic E-state index is 11.9. The highest BCUT2D eigenvalue weighted by atomic mass is 16.1. The van der Waals surface area contributed by atoms with Gasteiger partial charge in [0, 0.05) is 10.8 Å². The number of nitrogens with two attached hydrogens (primary N) is 2. The minimum Gasteiger partial charge on any atom is -0.366 e. The van der Waals surface area contributed by atoms with Crippen molar-refractivity contribution >= 4 is 33.6 Å². The van der Waals surface area contributed by atoms with Crippen LogP contribution in [0.2, 0.25) is 0 Å². The molecule has 0 saturated carbocycles. The lowest BCUT2D eigenvalue weighted by molar-refractivity contribution is 0.0993. The molecule has 4 rings (SSSR count). The first-order chi connectivity index (χ1) is 12.5. The quantitative estimate of drug-likeness (QED) is 0.596. The van der Waals surface area contributed by atoms with Gasteiger partial charge in [0.05, 0.1) is 33.5 Å². The van der Waals surface area contributed by atoms with Crippen molar-refractivity contribution in [2.24, 2.45) is 11.5 Å². The first kappa shape index (κ1) is 15.7. The Morgan fingerprint density at radius 3 is 1.42 bits per heavy atom. The third-order valence-corrected chi connectivity index (χ3v) is 4.23. The number of amides is 2. The number of para-hydroxylation sites is 2. The summed E-state index contributed by atoms with van der Waals surface area (Å²) in [5.41, 5.74) is 13.9. The molecule has 0 atom stereocenters. The Balaban J connectivity index is 2.04. The number of primary amides is 2. The topological polar surface area (TPSA) is 112 Å². The van der Waals surface area contributed by atoms with Crippen LogP contribution in [0.25, 0.3) is 33.2 Å². The predicted molar refractivity (Wildman–Crippen MR) is 99.5 cm³/mol. The molecule has 6 heteroatoms. The van der Waals surface area contributed by atoms with Crippen molar-refractivity contribution in [2.45, 2.75) is 0 Å². The minimum absolute atomic E-state index is 0.348. The van der Waals surface area contributed by atoms with Crippen LogP contribution in [0.15, 0.2) is 60.7 Å². The van der Waals surface area contributed by atoms with Crippen LogP contribution in [0, 0.1) is 0 Å². The Bertz CT molecular complexity index is 1110. The molecular formula is C20H14N4O2. The fourth-order valence-corrected chi connectivity index (χ4v) is 3.02. The SMILES string of the molecule is NC(=O)c1cc(-c2cc(C(N)=O)c3ccccc3n2)nc2ccccc12. The van der Waals surface area contributed by atoms with Gasteiger partial charge in [-0.1, -0.05) is 36.4 Å². The standard InChI is InChI=1S/C20H14N4O2/c21-19(25)13-9-17(23-15-7-3-1-5-11(13)15)18-10-14(20(22)26)12-6-2-4-8-16(12)24-18/h1-10H,(H2,21,25)(H2,22,26). The smallest absolute Gasteiger partial charge is 0.249 e. The number of pyridine rings is 2. The Hall–Kier alpha value is -3.80. The molecular weight excluding hydrogens is 328 g/mol. The zero-order valence-electron chi connectivity index (χ0n) is 13.6. The van der Waals surface area contributed by atoms with Gasteiger partial charge in [-0.15, -0.1) is 0 Å². The van der Waals surface area contributed by atoms with Gasteiger partial charge in [0.2, 0.25) is 11.8 Å². The third kappa shape index (κ3) is 2.53. The third-order valence-electron chi connectivity index (χ3n) is 4.23. The zero-order chi connectivity index (χ0) is 18.3. The van der Waals surface area contributed by atoms with Crippen LogP contribution in [-0.2, 0) is 0 Å². The monoisotopic (exact) mass is 342 g/mol. The minimum atomic E-state index is -0.555. The number of fused-ring (bicyclic) bond motifs is 2. The van der Waals surface area contributed by atoms with Crippen molar-refractivity contribution in [3.8, 4) is 11.4 Å². The highest BCUT2D eigenvalue weighted by Gasteiger charge is 2.15. The zero-order valence-corrected chi connectivity index (χ0v) is 13.6. The van der Waals surface area contributed by atoms with Gasteiger partial charge in [-0.25, -0.2) is 9.97 Å². The van der Waals surface area contributed by atoms with E-state index in [4.69, 9.17) is 11.5 Å². The van der Waals surface area contributed by atoms with Crippen LogP contribution in [0.4, 0.5) is 0 Å². The van der Waals surface area contributed by atoms with Gasteiger partial charge in [0.15, 0.2) is 0 Å². The number of hydrogen-bond donors (Lipinski definition) is 2. The van der Waals surface area contributed by atoms with E-state index in [1.54, 1.807) is 36.4 Å². The number of benzene rings is 2. The lowest BCUT2D eigenvalue weighted by atomic mass is 10.0. The Kier molecular flexibility index (Phi) is 3.58. The molecule has 4 N–H and O–H groups in total. The van der Waals surface area contributed by atoms with E-state index in [1.165, 1.54) is 0 Å². The lowest BCUT2D eigenvalue weighted by Crippen LogP contribution is -2.13. The molecule has 4 aromatic rings. The number of hydrogen-bond acceptors (Lipinski definition) is 4. The number of rotatable bonds is 3. The maximum absolute atomic E-state index is 11.9. The van der Waals surface area contributed by atoms with E-state index >= 15 is 0 Å². The Morgan fingerprint density at radius 2 is 1.04 bits per heavy atom. The van der Waals surface area contributed by atoms with Gasteiger partial charge in [-0.3, -0.25) is 9.59 Å². The largest absolute Gasteiger partial charge is 0.366 e. The molecule has 0 spiro atoms. The van der Waals surface area contributed by atoms with Crippen LogP contribution < -0.4 is 11.5 Å². The summed E-state index contributed by atoms with van der Waals surface area (Å²) in [6.45, 7) is 0. The summed E-state index contributed by atoms with van der Waals surface area (Å²) in [4.78, 5) is 32.9. The molecule has 126 valence electrons. The second-order valence-corrected chi connectivity index (χ2v) is 5.87. The van der Waals surface area contributed by atoms with Crippen molar-refractivity contribution in [3.05, 3.63) is 71.8 Å². The summed E-state index contributed by atoms with van der Waals surface area (Å²) in [6.07, 6.45) is 0. The highest BCUT2D eigenvalue weighted by Crippen LogP contribution is 2.27. The van der Waals surface area contributed by atoms with Crippen LogP contribution in [-0.4, -0.2) is 21.8 Å². The number of nitrogens with zero attached hydrogens (tertiary/aromatic N) is 2. The van der Waals surface area contributed by atoms with Crippen LogP contribution in [0.3, 0.4) is 0 Å². The number of aromatic nitrogens is 2. The van der Waals surface area contributed by atoms with Crippen LogP contribution in [0.1, 0.15) is 20.7 Å². The molecule has 2 aromatic carbocycles.